The van der Waals surface area contributed by atoms with Crippen molar-refractivity contribution < 1.29 is 9.59 Å². The number of pyridine rings is 1. The van der Waals surface area contributed by atoms with E-state index in [1.807, 2.05) is 49.9 Å². The van der Waals surface area contributed by atoms with Gasteiger partial charge in [-0.05, 0) is 25.0 Å². The Morgan fingerprint density at radius 1 is 1.13 bits per heavy atom. The van der Waals surface area contributed by atoms with Crippen LogP contribution in [-0.4, -0.2) is 44.6 Å². The Balaban J connectivity index is 1.82. The quantitative estimate of drug-likeness (QED) is 0.833. The zero-order valence-corrected chi connectivity index (χ0v) is 18.9. The number of hydrogen-bond acceptors (Lipinski definition) is 4. The summed E-state index contributed by atoms with van der Waals surface area (Å²) in [4.78, 5) is 32.0. The van der Waals surface area contributed by atoms with Crippen molar-refractivity contribution in [1.29, 1.82) is 0 Å². The van der Waals surface area contributed by atoms with E-state index in [-0.39, 0.29) is 23.1 Å². The van der Waals surface area contributed by atoms with E-state index in [1.165, 1.54) is 0 Å². The van der Waals surface area contributed by atoms with Crippen LogP contribution >= 0.6 is 0 Å². The van der Waals surface area contributed by atoms with E-state index < -0.39 is 5.41 Å². The summed E-state index contributed by atoms with van der Waals surface area (Å²) in [6.07, 6.45) is 3.30. The molecule has 0 aliphatic carbocycles. The summed E-state index contributed by atoms with van der Waals surface area (Å²) in [7, 11) is 0. The minimum Gasteiger partial charge on any atom is -0.341 e. The van der Waals surface area contributed by atoms with Crippen LogP contribution in [0.3, 0.4) is 0 Å². The van der Waals surface area contributed by atoms with Gasteiger partial charge in [-0.25, -0.2) is 4.98 Å². The van der Waals surface area contributed by atoms with Crippen LogP contribution in [0.2, 0.25) is 0 Å². The van der Waals surface area contributed by atoms with E-state index in [9.17, 15) is 9.59 Å². The molecular formula is C23H33N5O2. The first-order valence-corrected chi connectivity index (χ1v) is 10.6. The van der Waals surface area contributed by atoms with Crippen LogP contribution in [0.15, 0.2) is 30.5 Å². The molecule has 0 saturated carbocycles. The topological polar surface area (TPSA) is 80.1 Å². The maximum atomic E-state index is 13.1. The van der Waals surface area contributed by atoms with Crippen LogP contribution in [0.25, 0.3) is 5.82 Å². The molecule has 2 aromatic heterocycles. The predicted octanol–water partition coefficient (Wildman–Crippen LogP) is 3.79. The zero-order chi connectivity index (χ0) is 22.1. The molecule has 30 heavy (non-hydrogen) atoms. The average molecular weight is 412 g/mol. The summed E-state index contributed by atoms with van der Waals surface area (Å²) in [6, 6.07) is 7.51. The largest absolute Gasteiger partial charge is 0.341 e. The van der Waals surface area contributed by atoms with Gasteiger partial charge in [0.1, 0.15) is 5.82 Å². The number of anilines is 1. The highest BCUT2D eigenvalue weighted by Crippen LogP contribution is 2.28. The third-order valence-corrected chi connectivity index (χ3v) is 5.32. The van der Waals surface area contributed by atoms with E-state index in [0.29, 0.717) is 24.7 Å². The molecule has 162 valence electrons. The van der Waals surface area contributed by atoms with Gasteiger partial charge >= 0.3 is 0 Å². The van der Waals surface area contributed by atoms with E-state index in [2.05, 4.69) is 31.1 Å². The van der Waals surface area contributed by atoms with Gasteiger partial charge in [0.05, 0.1) is 11.6 Å². The lowest BCUT2D eigenvalue weighted by Gasteiger charge is -2.35. The van der Waals surface area contributed by atoms with Gasteiger partial charge in [-0.2, -0.15) is 9.78 Å². The van der Waals surface area contributed by atoms with Crippen LogP contribution in [-0.2, 0) is 15.0 Å². The molecular weight excluding hydrogens is 378 g/mol. The molecule has 1 aliphatic heterocycles. The second kappa shape index (κ2) is 8.20. The van der Waals surface area contributed by atoms with Gasteiger partial charge in [0.15, 0.2) is 5.82 Å². The number of nitrogens with zero attached hydrogens (tertiary/aromatic N) is 4. The number of carbonyl (C=O) groups is 2. The van der Waals surface area contributed by atoms with E-state index in [0.717, 1.165) is 18.5 Å². The summed E-state index contributed by atoms with van der Waals surface area (Å²) < 4.78 is 1.68. The number of piperidine rings is 1. The first kappa shape index (κ1) is 22.0. The number of rotatable bonds is 3. The summed E-state index contributed by atoms with van der Waals surface area (Å²) in [5.41, 5.74) is 0.259. The second-order valence-electron chi connectivity index (χ2n) is 10.1. The molecule has 0 aromatic carbocycles. The minimum absolute atomic E-state index is 0.0843. The van der Waals surface area contributed by atoms with Crippen LogP contribution in [0, 0.1) is 11.3 Å². The molecule has 1 atom stereocenters. The smallest absolute Gasteiger partial charge is 0.230 e. The lowest BCUT2D eigenvalue weighted by molar-refractivity contribution is -0.142. The standard InChI is InChI=1S/C23H33N5O2/c1-22(2,3)17-14-19(28(26-17)18-11-7-8-12-24-18)25-20(29)16-10-9-13-27(15-16)21(30)23(4,5)6/h7-8,11-12,14,16H,9-10,13,15H2,1-6H3,(H,25,29). The van der Waals surface area contributed by atoms with Crippen molar-refractivity contribution >= 4 is 17.6 Å². The molecule has 3 heterocycles. The Morgan fingerprint density at radius 2 is 1.87 bits per heavy atom. The van der Waals surface area contributed by atoms with Crippen LogP contribution in [0.1, 0.15) is 60.1 Å². The summed E-state index contributed by atoms with van der Waals surface area (Å²) in [5.74, 6) is 1.02. The summed E-state index contributed by atoms with van der Waals surface area (Å²) in [6.45, 7) is 13.2. The van der Waals surface area contributed by atoms with Crippen molar-refractivity contribution in [2.45, 2.75) is 59.8 Å². The number of carbonyl (C=O) groups excluding carboxylic acids is 2. The Labute approximate surface area is 178 Å². The Kier molecular flexibility index (Phi) is 6.01. The molecule has 2 amide bonds. The summed E-state index contributed by atoms with van der Waals surface area (Å²) >= 11 is 0. The van der Waals surface area contributed by atoms with Crippen molar-refractivity contribution in [2.75, 3.05) is 18.4 Å². The molecule has 7 nitrogen and oxygen atoms in total. The van der Waals surface area contributed by atoms with Crippen LogP contribution in [0.4, 0.5) is 5.82 Å². The van der Waals surface area contributed by atoms with Gasteiger partial charge in [0, 0.05) is 36.2 Å². The summed E-state index contributed by atoms with van der Waals surface area (Å²) in [5, 5.41) is 7.75. The zero-order valence-electron chi connectivity index (χ0n) is 18.9. The fourth-order valence-corrected chi connectivity index (χ4v) is 3.57. The molecule has 7 heteroatoms. The monoisotopic (exact) mass is 411 g/mol. The predicted molar refractivity (Wildman–Crippen MR) is 117 cm³/mol. The molecule has 0 spiro atoms. The molecule has 1 fully saturated rings. The number of nitrogens with one attached hydrogen (secondary N) is 1. The van der Waals surface area contributed by atoms with Gasteiger partial charge in [-0.1, -0.05) is 47.6 Å². The third kappa shape index (κ3) is 4.89. The lowest BCUT2D eigenvalue weighted by Crippen LogP contribution is -2.47. The molecule has 0 bridgehead atoms. The van der Waals surface area contributed by atoms with Crippen molar-refractivity contribution in [3.8, 4) is 5.82 Å². The first-order chi connectivity index (χ1) is 14.0. The molecule has 1 unspecified atom stereocenters. The van der Waals surface area contributed by atoms with Gasteiger partial charge in [0.2, 0.25) is 11.8 Å². The highest BCUT2D eigenvalue weighted by atomic mass is 16.2. The van der Waals surface area contributed by atoms with Crippen LogP contribution in [0.5, 0.6) is 0 Å². The fourth-order valence-electron chi connectivity index (χ4n) is 3.57. The molecule has 1 N–H and O–H groups in total. The Hall–Kier alpha value is -2.70. The van der Waals surface area contributed by atoms with Gasteiger partial charge in [-0.15, -0.1) is 0 Å². The van der Waals surface area contributed by atoms with Gasteiger partial charge in [0.25, 0.3) is 0 Å². The first-order valence-electron chi connectivity index (χ1n) is 10.6. The van der Waals surface area contributed by atoms with Crippen molar-refractivity contribution in [2.24, 2.45) is 11.3 Å². The number of hydrogen-bond donors (Lipinski definition) is 1. The van der Waals surface area contributed by atoms with E-state index in [4.69, 9.17) is 5.10 Å². The highest BCUT2D eigenvalue weighted by Gasteiger charge is 2.34. The molecule has 2 aromatic rings. The molecule has 0 radical (unpaired) electrons. The third-order valence-electron chi connectivity index (χ3n) is 5.32. The second-order valence-corrected chi connectivity index (χ2v) is 10.1. The lowest BCUT2D eigenvalue weighted by atomic mass is 9.91. The Morgan fingerprint density at radius 3 is 2.47 bits per heavy atom. The fraction of sp³-hybridized carbons (Fsp3) is 0.565. The average Bonchev–Trinajstić information content (AvgIpc) is 3.11. The van der Waals surface area contributed by atoms with Crippen molar-refractivity contribution in [3.05, 3.63) is 36.2 Å². The number of likely N-dealkylation sites (tertiary alicyclic amines) is 1. The highest BCUT2D eigenvalue weighted by molar-refractivity contribution is 5.93. The van der Waals surface area contributed by atoms with Gasteiger partial charge in [-0.3, -0.25) is 9.59 Å². The molecule has 3 rings (SSSR count). The molecule has 1 aliphatic rings. The number of amides is 2. The van der Waals surface area contributed by atoms with Crippen LogP contribution < -0.4 is 5.32 Å². The van der Waals surface area contributed by atoms with E-state index >= 15 is 0 Å². The van der Waals surface area contributed by atoms with E-state index in [1.54, 1.807) is 10.9 Å². The maximum Gasteiger partial charge on any atom is 0.230 e. The Bertz CT molecular complexity index is 906. The molecule has 1 saturated heterocycles. The van der Waals surface area contributed by atoms with Crippen molar-refractivity contribution in [1.82, 2.24) is 19.7 Å². The SMILES string of the molecule is CC(C)(C)C(=O)N1CCCC(C(=O)Nc2cc(C(C)(C)C)nn2-c2ccccn2)C1. The van der Waals surface area contributed by atoms with Gasteiger partial charge < -0.3 is 10.2 Å². The normalized spacial score (nSPS) is 17.7. The minimum atomic E-state index is -0.447. The number of aromatic nitrogens is 3. The maximum absolute atomic E-state index is 13.1. The van der Waals surface area contributed by atoms with Crippen molar-refractivity contribution in [3.63, 3.8) is 0 Å².